The standard InChI is InChI=1S/C18H24N2O2/c21-17(15-11-14-3-1-2-4-16(14)22-12-15)20-9-6-18(7-10-20)5-8-19-13-18/h1-4,15,19H,5-13H2. The maximum absolute atomic E-state index is 12.8. The maximum atomic E-state index is 12.8. The van der Waals surface area contributed by atoms with Crippen molar-refractivity contribution in [2.75, 3.05) is 32.8 Å². The minimum atomic E-state index is -0.00865. The number of carbonyl (C=O) groups is 1. The summed E-state index contributed by atoms with van der Waals surface area (Å²) in [4.78, 5) is 14.9. The Kier molecular flexibility index (Phi) is 3.57. The summed E-state index contributed by atoms with van der Waals surface area (Å²) in [6.45, 7) is 4.63. The number of amides is 1. The Hall–Kier alpha value is -1.55. The molecule has 118 valence electrons. The Morgan fingerprint density at radius 2 is 2.05 bits per heavy atom. The van der Waals surface area contributed by atoms with Crippen LogP contribution in [0.15, 0.2) is 24.3 Å². The molecule has 3 aliphatic heterocycles. The largest absolute Gasteiger partial charge is 0.492 e. The molecule has 1 unspecified atom stereocenters. The molecule has 1 amide bonds. The SMILES string of the molecule is O=C(C1COc2ccccc2C1)N1CCC2(CCNC2)CC1. The zero-order valence-electron chi connectivity index (χ0n) is 13.0. The second-order valence-corrected chi connectivity index (χ2v) is 7.07. The molecule has 1 aromatic carbocycles. The zero-order chi connectivity index (χ0) is 15.0. The molecule has 0 bridgehead atoms. The lowest BCUT2D eigenvalue weighted by Gasteiger charge is -2.40. The number of benzene rings is 1. The van der Waals surface area contributed by atoms with Gasteiger partial charge < -0.3 is 15.0 Å². The molecule has 3 aliphatic rings. The highest BCUT2D eigenvalue weighted by atomic mass is 16.5. The highest BCUT2D eigenvalue weighted by Gasteiger charge is 2.39. The van der Waals surface area contributed by atoms with Crippen molar-refractivity contribution in [3.63, 3.8) is 0 Å². The molecule has 4 nitrogen and oxygen atoms in total. The van der Waals surface area contributed by atoms with Gasteiger partial charge in [-0.3, -0.25) is 4.79 Å². The summed E-state index contributed by atoms with van der Waals surface area (Å²) >= 11 is 0. The number of likely N-dealkylation sites (tertiary alicyclic amines) is 1. The van der Waals surface area contributed by atoms with Crippen LogP contribution in [0.4, 0.5) is 0 Å². The predicted octanol–water partition coefficient (Wildman–Crippen LogP) is 1.84. The van der Waals surface area contributed by atoms with Crippen molar-refractivity contribution < 1.29 is 9.53 Å². The van der Waals surface area contributed by atoms with Crippen molar-refractivity contribution in [2.45, 2.75) is 25.7 Å². The lowest BCUT2D eigenvalue weighted by molar-refractivity contribution is -0.139. The van der Waals surface area contributed by atoms with Gasteiger partial charge >= 0.3 is 0 Å². The molecular weight excluding hydrogens is 276 g/mol. The van der Waals surface area contributed by atoms with Crippen LogP contribution in [0.25, 0.3) is 0 Å². The number of carbonyl (C=O) groups excluding carboxylic acids is 1. The first-order chi connectivity index (χ1) is 10.8. The van der Waals surface area contributed by atoms with E-state index in [1.165, 1.54) is 12.0 Å². The second kappa shape index (κ2) is 5.58. The van der Waals surface area contributed by atoms with E-state index in [2.05, 4.69) is 16.3 Å². The molecule has 0 radical (unpaired) electrons. The van der Waals surface area contributed by atoms with Crippen LogP contribution < -0.4 is 10.1 Å². The van der Waals surface area contributed by atoms with Gasteiger partial charge in [-0.25, -0.2) is 0 Å². The first-order valence-electron chi connectivity index (χ1n) is 8.46. The molecule has 0 aromatic heterocycles. The van der Waals surface area contributed by atoms with E-state index in [1.54, 1.807) is 0 Å². The first kappa shape index (κ1) is 14.1. The lowest BCUT2D eigenvalue weighted by atomic mass is 9.77. The molecule has 3 heterocycles. The molecule has 2 saturated heterocycles. The van der Waals surface area contributed by atoms with Crippen LogP contribution in [0, 0.1) is 11.3 Å². The molecule has 4 rings (SSSR count). The Labute approximate surface area is 131 Å². The smallest absolute Gasteiger partial charge is 0.229 e. The van der Waals surface area contributed by atoms with Crippen LogP contribution in [0.2, 0.25) is 0 Å². The molecule has 22 heavy (non-hydrogen) atoms. The Bertz CT molecular complexity index is 556. The van der Waals surface area contributed by atoms with Crippen LogP contribution >= 0.6 is 0 Å². The van der Waals surface area contributed by atoms with Gasteiger partial charge in [0.05, 0.1) is 5.92 Å². The number of nitrogens with zero attached hydrogens (tertiary/aromatic N) is 1. The Morgan fingerprint density at radius 1 is 1.23 bits per heavy atom. The van der Waals surface area contributed by atoms with Crippen molar-refractivity contribution in [1.29, 1.82) is 0 Å². The van der Waals surface area contributed by atoms with E-state index < -0.39 is 0 Å². The van der Waals surface area contributed by atoms with Gasteiger partial charge in [-0.2, -0.15) is 0 Å². The molecule has 2 fully saturated rings. The van der Waals surface area contributed by atoms with E-state index in [0.717, 1.165) is 51.2 Å². The fourth-order valence-corrected chi connectivity index (χ4v) is 4.17. The van der Waals surface area contributed by atoms with Gasteiger partial charge in [-0.1, -0.05) is 18.2 Å². The van der Waals surface area contributed by atoms with Gasteiger partial charge in [0, 0.05) is 19.6 Å². The summed E-state index contributed by atoms with van der Waals surface area (Å²) in [6.07, 6.45) is 4.39. The highest BCUT2D eigenvalue weighted by molar-refractivity contribution is 5.80. The van der Waals surface area contributed by atoms with Crippen molar-refractivity contribution in [1.82, 2.24) is 10.2 Å². The number of hydrogen-bond donors (Lipinski definition) is 1. The van der Waals surface area contributed by atoms with Crippen LogP contribution in [-0.4, -0.2) is 43.6 Å². The van der Waals surface area contributed by atoms with E-state index in [1.807, 2.05) is 18.2 Å². The maximum Gasteiger partial charge on any atom is 0.229 e. The average molecular weight is 300 g/mol. The Balaban J connectivity index is 1.39. The molecule has 1 spiro atoms. The summed E-state index contributed by atoms with van der Waals surface area (Å²) in [5, 5.41) is 3.48. The summed E-state index contributed by atoms with van der Waals surface area (Å²) in [5.74, 6) is 1.22. The van der Waals surface area contributed by atoms with E-state index in [9.17, 15) is 4.79 Å². The van der Waals surface area contributed by atoms with Gasteiger partial charge in [0.25, 0.3) is 0 Å². The van der Waals surface area contributed by atoms with Gasteiger partial charge in [-0.05, 0) is 49.3 Å². The number of para-hydroxylation sites is 1. The van der Waals surface area contributed by atoms with E-state index in [4.69, 9.17) is 4.74 Å². The van der Waals surface area contributed by atoms with Crippen LogP contribution in [0.5, 0.6) is 5.75 Å². The van der Waals surface area contributed by atoms with Crippen molar-refractivity contribution >= 4 is 5.91 Å². The minimum absolute atomic E-state index is 0.00865. The van der Waals surface area contributed by atoms with Crippen LogP contribution in [-0.2, 0) is 11.2 Å². The van der Waals surface area contributed by atoms with Crippen LogP contribution in [0.1, 0.15) is 24.8 Å². The summed E-state index contributed by atoms with van der Waals surface area (Å²) < 4.78 is 5.78. The predicted molar refractivity (Wildman–Crippen MR) is 84.9 cm³/mol. The minimum Gasteiger partial charge on any atom is -0.492 e. The van der Waals surface area contributed by atoms with Crippen molar-refractivity contribution in [3.8, 4) is 5.75 Å². The number of nitrogens with one attached hydrogen (secondary N) is 1. The molecule has 1 aromatic rings. The van der Waals surface area contributed by atoms with Crippen LogP contribution in [0.3, 0.4) is 0 Å². The molecule has 0 aliphatic carbocycles. The lowest BCUT2D eigenvalue weighted by Crippen LogP contribution is -2.47. The van der Waals surface area contributed by atoms with Gasteiger partial charge in [-0.15, -0.1) is 0 Å². The molecule has 1 N–H and O–H groups in total. The summed E-state index contributed by atoms with van der Waals surface area (Å²) in [6, 6.07) is 8.07. The second-order valence-electron chi connectivity index (χ2n) is 7.07. The average Bonchev–Trinajstić information content (AvgIpc) is 3.02. The van der Waals surface area contributed by atoms with Gasteiger partial charge in [0.15, 0.2) is 0 Å². The number of ether oxygens (including phenoxy) is 1. The summed E-state index contributed by atoms with van der Waals surface area (Å²) in [5.41, 5.74) is 1.63. The fourth-order valence-electron chi connectivity index (χ4n) is 4.17. The molecule has 4 heteroatoms. The normalized spacial score (nSPS) is 26.5. The molecule has 1 atom stereocenters. The van der Waals surface area contributed by atoms with Crippen molar-refractivity contribution in [2.24, 2.45) is 11.3 Å². The van der Waals surface area contributed by atoms with E-state index in [0.29, 0.717) is 12.0 Å². The third-order valence-corrected chi connectivity index (χ3v) is 5.70. The monoisotopic (exact) mass is 300 g/mol. The number of piperidine rings is 1. The van der Waals surface area contributed by atoms with Gasteiger partial charge in [0.2, 0.25) is 5.91 Å². The Morgan fingerprint density at radius 3 is 2.82 bits per heavy atom. The molecule has 0 saturated carbocycles. The third-order valence-electron chi connectivity index (χ3n) is 5.70. The summed E-state index contributed by atoms with van der Waals surface area (Å²) in [7, 11) is 0. The van der Waals surface area contributed by atoms with Gasteiger partial charge in [0.1, 0.15) is 12.4 Å². The van der Waals surface area contributed by atoms with Crippen molar-refractivity contribution in [3.05, 3.63) is 29.8 Å². The van der Waals surface area contributed by atoms with E-state index >= 15 is 0 Å². The number of hydrogen-bond acceptors (Lipinski definition) is 3. The zero-order valence-corrected chi connectivity index (χ0v) is 13.0. The molecular formula is C18H24N2O2. The third kappa shape index (κ3) is 2.50. The van der Waals surface area contributed by atoms with E-state index in [-0.39, 0.29) is 11.8 Å². The topological polar surface area (TPSA) is 41.6 Å². The number of rotatable bonds is 1. The quantitative estimate of drug-likeness (QED) is 0.860. The highest BCUT2D eigenvalue weighted by Crippen LogP contribution is 2.37. The first-order valence-corrected chi connectivity index (χ1v) is 8.46. The fraction of sp³-hybridized carbons (Fsp3) is 0.611. The number of fused-ring (bicyclic) bond motifs is 1.